The summed E-state index contributed by atoms with van der Waals surface area (Å²) in [7, 11) is 1.47. The molecule has 0 fully saturated rings. The smallest absolute Gasteiger partial charge is 0.275 e. The van der Waals surface area contributed by atoms with Gasteiger partial charge in [0.15, 0.2) is 5.69 Å². The van der Waals surface area contributed by atoms with E-state index >= 15 is 0 Å². The van der Waals surface area contributed by atoms with E-state index < -0.39 is 17.4 Å². The maximum atomic E-state index is 12.6. The van der Waals surface area contributed by atoms with E-state index in [-0.39, 0.29) is 12.2 Å². The third kappa shape index (κ3) is 3.43. The number of nitrogens with one attached hydrogen (secondary N) is 2. The zero-order valence-corrected chi connectivity index (χ0v) is 14.6. The zero-order chi connectivity index (χ0) is 18.7. The van der Waals surface area contributed by atoms with E-state index in [1.165, 1.54) is 7.05 Å². The molecule has 0 spiro atoms. The van der Waals surface area contributed by atoms with Crippen LogP contribution in [0.15, 0.2) is 53.3 Å². The van der Waals surface area contributed by atoms with Crippen LogP contribution < -0.4 is 16.2 Å². The summed E-state index contributed by atoms with van der Waals surface area (Å²) in [4.78, 5) is 37.0. The van der Waals surface area contributed by atoms with Crippen LogP contribution >= 0.6 is 11.6 Å². The molecule has 0 unspecified atom stereocenters. The second kappa shape index (κ2) is 7.37. The van der Waals surface area contributed by atoms with Crippen molar-refractivity contribution < 1.29 is 9.59 Å². The van der Waals surface area contributed by atoms with Gasteiger partial charge in [-0.1, -0.05) is 41.9 Å². The minimum absolute atomic E-state index is 0.0771. The van der Waals surface area contributed by atoms with Crippen molar-refractivity contribution in [3.63, 3.8) is 0 Å². The Bertz CT molecular complexity index is 1060. The molecule has 8 heteroatoms. The molecule has 0 atom stereocenters. The summed E-state index contributed by atoms with van der Waals surface area (Å²) in [5.41, 5.74) is 0.0512. The third-order valence-electron chi connectivity index (χ3n) is 3.75. The molecule has 0 aliphatic heterocycles. The van der Waals surface area contributed by atoms with Crippen LogP contribution in [0.3, 0.4) is 0 Å². The van der Waals surface area contributed by atoms with Crippen LogP contribution in [-0.2, 0) is 11.3 Å². The Morgan fingerprint density at radius 1 is 1.08 bits per heavy atom. The molecule has 0 saturated heterocycles. The molecule has 0 saturated carbocycles. The predicted octanol–water partition coefficient (Wildman–Crippen LogP) is 2.05. The fourth-order valence-electron chi connectivity index (χ4n) is 2.52. The first-order valence-electron chi connectivity index (χ1n) is 7.77. The minimum atomic E-state index is -0.481. The molecule has 1 heterocycles. The van der Waals surface area contributed by atoms with E-state index in [0.717, 1.165) is 4.68 Å². The number of hydrogen-bond donors (Lipinski definition) is 2. The number of carbonyl (C=O) groups excluding carboxylic acids is 2. The normalized spacial score (nSPS) is 10.5. The van der Waals surface area contributed by atoms with Gasteiger partial charge in [0.1, 0.15) is 6.54 Å². The molecule has 132 valence electrons. The predicted molar refractivity (Wildman–Crippen MR) is 99.5 cm³/mol. The van der Waals surface area contributed by atoms with E-state index in [1.54, 1.807) is 48.5 Å². The van der Waals surface area contributed by atoms with Crippen molar-refractivity contribution in [1.82, 2.24) is 15.1 Å². The number of carbonyl (C=O) groups is 2. The molecule has 1 aromatic heterocycles. The van der Waals surface area contributed by atoms with Gasteiger partial charge in [-0.05, 0) is 18.2 Å². The molecule has 26 heavy (non-hydrogen) atoms. The maximum Gasteiger partial charge on any atom is 0.275 e. The Hall–Kier alpha value is -3.19. The topological polar surface area (TPSA) is 93.1 Å². The van der Waals surface area contributed by atoms with Crippen molar-refractivity contribution in [2.75, 3.05) is 12.4 Å². The molecule has 0 radical (unpaired) electrons. The van der Waals surface area contributed by atoms with Crippen molar-refractivity contribution in [3.8, 4) is 0 Å². The molecule has 0 aliphatic rings. The summed E-state index contributed by atoms with van der Waals surface area (Å²) in [6.45, 7) is -0.348. The maximum absolute atomic E-state index is 12.6. The van der Waals surface area contributed by atoms with Gasteiger partial charge in [0.2, 0.25) is 5.91 Å². The van der Waals surface area contributed by atoms with Crippen molar-refractivity contribution >= 4 is 39.9 Å². The van der Waals surface area contributed by atoms with E-state index in [0.29, 0.717) is 21.5 Å². The number of para-hydroxylation sites is 1. The van der Waals surface area contributed by atoms with Gasteiger partial charge in [-0.2, -0.15) is 5.10 Å². The van der Waals surface area contributed by atoms with Gasteiger partial charge in [0.05, 0.1) is 16.1 Å². The molecule has 2 N–H and O–H groups in total. The summed E-state index contributed by atoms with van der Waals surface area (Å²) in [5, 5.41) is 10.3. The highest BCUT2D eigenvalue weighted by Gasteiger charge is 2.17. The Kier molecular flexibility index (Phi) is 4.99. The van der Waals surface area contributed by atoms with Crippen molar-refractivity contribution in [3.05, 3.63) is 69.6 Å². The number of fused-ring (bicyclic) bond motifs is 1. The molecule has 2 amide bonds. The van der Waals surface area contributed by atoms with Gasteiger partial charge in [-0.3, -0.25) is 14.4 Å². The van der Waals surface area contributed by atoms with Gasteiger partial charge in [-0.15, -0.1) is 0 Å². The van der Waals surface area contributed by atoms with Crippen molar-refractivity contribution in [2.24, 2.45) is 0 Å². The van der Waals surface area contributed by atoms with Crippen molar-refractivity contribution in [1.29, 1.82) is 0 Å². The van der Waals surface area contributed by atoms with Gasteiger partial charge < -0.3 is 10.6 Å². The summed E-state index contributed by atoms with van der Waals surface area (Å²) >= 11 is 6.01. The van der Waals surface area contributed by atoms with Crippen LogP contribution in [0.5, 0.6) is 0 Å². The Labute approximate surface area is 153 Å². The number of amides is 2. The second-order valence-corrected chi connectivity index (χ2v) is 5.87. The Morgan fingerprint density at radius 3 is 2.42 bits per heavy atom. The van der Waals surface area contributed by atoms with Gasteiger partial charge in [0.25, 0.3) is 11.5 Å². The van der Waals surface area contributed by atoms with Crippen LogP contribution in [0.25, 0.3) is 10.8 Å². The first-order valence-corrected chi connectivity index (χ1v) is 8.15. The number of hydrogen-bond acceptors (Lipinski definition) is 4. The lowest BCUT2D eigenvalue weighted by Gasteiger charge is -2.11. The average molecular weight is 371 g/mol. The van der Waals surface area contributed by atoms with Crippen LogP contribution in [0.4, 0.5) is 5.69 Å². The second-order valence-electron chi connectivity index (χ2n) is 5.46. The molecular weight excluding hydrogens is 356 g/mol. The fraction of sp³-hybridized carbons (Fsp3) is 0.111. The number of nitrogens with zero attached hydrogens (tertiary/aromatic N) is 2. The number of halogens is 1. The Balaban J connectivity index is 1.98. The molecular formula is C18H15ClN4O3. The van der Waals surface area contributed by atoms with E-state index in [4.69, 9.17) is 11.6 Å². The first-order chi connectivity index (χ1) is 12.5. The number of anilines is 1. The summed E-state index contributed by atoms with van der Waals surface area (Å²) in [6.07, 6.45) is 0. The average Bonchev–Trinajstić information content (AvgIpc) is 2.65. The quantitative estimate of drug-likeness (QED) is 0.735. The first kappa shape index (κ1) is 17.6. The lowest BCUT2D eigenvalue weighted by Crippen LogP contribution is -2.33. The van der Waals surface area contributed by atoms with E-state index in [9.17, 15) is 14.4 Å². The number of aromatic nitrogens is 2. The lowest BCUT2D eigenvalue weighted by molar-refractivity contribution is -0.117. The lowest BCUT2D eigenvalue weighted by atomic mass is 10.1. The summed E-state index contributed by atoms with van der Waals surface area (Å²) < 4.78 is 0.971. The SMILES string of the molecule is CNC(=O)c1nn(CC(=O)Nc2ccccc2Cl)c(=O)c2ccccc12. The third-order valence-corrected chi connectivity index (χ3v) is 4.08. The fourth-order valence-corrected chi connectivity index (χ4v) is 2.70. The molecule has 3 rings (SSSR count). The van der Waals surface area contributed by atoms with Gasteiger partial charge in [-0.25, -0.2) is 4.68 Å². The van der Waals surface area contributed by atoms with Crippen LogP contribution in [0.1, 0.15) is 10.5 Å². The molecule has 7 nitrogen and oxygen atoms in total. The molecule has 3 aromatic rings. The molecule has 0 bridgehead atoms. The standard InChI is InChI=1S/C18H15ClN4O3/c1-20-17(25)16-11-6-2-3-7-12(11)18(26)23(22-16)10-15(24)21-14-9-5-4-8-13(14)19/h2-9H,10H2,1H3,(H,20,25)(H,21,24). The minimum Gasteiger partial charge on any atom is -0.354 e. The largest absolute Gasteiger partial charge is 0.354 e. The van der Waals surface area contributed by atoms with E-state index in [1.807, 2.05) is 0 Å². The monoisotopic (exact) mass is 370 g/mol. The van der Waals surface area contributed by atoms with Gasteiger partial charge >= 0.3 is 0 Å². The van der Waals surface area contributed by atoms with Crippen LogP contribution in [0.2, 0.25) is 5.02 Å². The van der Waals surface area contributed by atoms with Crippen LogP contribution in [0, 0.1) is 0 Å². The molecule has 2 aromatic carbocycles. The van der Waals surface area contributed by atoms with Crippen LogP contribution in [-0.4, -0.2) is 28.6 Å². The highest BCUT2D eigenvalue weighted by atomic mass is 35.5. The summed E-state index contributed by atoms with van der Waals surface area (Å²) in [6, 6.07) is 13.4. The highest BCUT2D eigenvalue weighted by molar-refractivity contribution is 6.33. The number of benzene rings is 2. The highest BCUT2D eigenvalue weighted by Crippen LogP contribution is 2.20. The number of rotatable bonds is 4. The zero-order valence-electron chi connectivity index (χ0n) is 13.8. The molecule has 0 aliphatic carbocycles. The van der Waals surface area contributed by atoms with Crippen molar-refractivity contribution in [2.45, 2.75) is 6.54 Å². The van der Waals surface area contributed by atoms with Gasteiger partial charge in [0, 0.05) is 12.4 Å². The Morgan fingerprint density at radius 2 is 1.73 bits per heavy atom. The summed E-state index contributed by atoms with van der Waals surface area (Å²) in [5.74, 6) is -0.924. The van der Waals surface area contributed by atoms with E-state index in [2.05, 4.69) is 15.7 Å².